The van der Waals surface area contributed by atoms with Crippen LogP contribution in [0.4, 0.5) is 0 Å². The Morgan fingerprint density at radius 1 is 0.242 bits per heavy atom. The van der Waals surface area contributed by atoms with E-state index in [4.69, 9.17) is 4.42 Å². The summed E-state index contributed by atoms with van der Waals surface area (Å²) in [5.41, 5.74) is 7.79. The van der Waals surface area contributed by atoms with Crippen LogP contribution in [0, 0.1) is 0 Å². The highest BCUT2D eigenvalue weighted by atomic mass is 32.1. The molecule has 6 aromatic carbocycles. The van der Waals surface area contributed by atoms with E-state index in [9.17, 15) is 0 Å². The van der Waals surface area contributed by atoms with Crippen molar-refractivity contribution in [3.63, 3.8) is 0 Å². The topological polar surface area (TPSA) is 32.6 Å². The molecule has 0 N–H and O–H groups in total. The number of para-hydroxylation sites is 2. The molecular weight excluding hydrogens is 1180 g/mol. The van der Waals surface area contributed by atoms with Crippen molar-refractivity contribution in [2.45, 2.75) is 227 Å². The minimum atomic E-state index is 0.160. The lowest BCUT2D eigenvalue weighted by Crippen LogP contribution is -2.21. The third-order valence-corrected chi connectivity index (χ3v) is 17.3. The number of benzene rings is 6. The summed E-state index contributed by atoms with van der Waals surface area (Å²) in [5, 5.41) is 5.14. The molecule has 0 aliphatic heterocycles. The van der Waals surface area contributed by atoms with Crippen LogP contribution in [0.5, 0.6) is 0 Å². The number of hydrogen-bond acceptors (Lipinski definition) is 8. The van der Waals surface area contributed by atoms with Crippen LogP contribution in [-0.2, 0) is 5.41 Å². The normalized spacial score (nSPS) is 10.5. The van der Waals surface area contributed by atoms with Gasteiger partial charge in [-0.15, -0.1) is 11.3 Å². The van der Waals surface area contributed by atoms with Crippen molar-refractivity contribution in [3.05, 3.63) is 157 Å². The first kappa shape index (κ1) is 101. The summed E-state index contributed by atoms with van der Waals surface area (Å²) in [5.74, 6) is 0. The maximum atomic E-state index is 5.65. The van der Waals surface area contributed by atoms with Crippen molar-refractivity contribution in [3.8, 4) is 11.1 Å². The van der Waals surface area contributed by atoms with Crippen LogP contribution in [0.25, 0.3) is 53.2 Å². The fraction of sp³-hybridized carbons (Fsp3) is 0.586. The summed E-state index contributed by atoms with van der Waals surface area (Å²) in [4.78, 5) is 14.2. The first-order valence-corrected chi connectivity index (χ1v) is 39.3. The molecule has 95 heavy (non-hydrogen) atoms. The van der Waals surface area contributed by atoms with Gasteiger partial charge in [0.15, 0.2) is 0 Å². The Morgan fingerprint density at radius 3 is 0.632 bits per heavy atom. The van der Waals surface area contributed by atoms with E-state index in [1.54, 1.807) is 0 Å². The van der Waals surface area contributed by atoms with E-state index in [0.29, 0.717) is 0 Å². The highest BCUT2D eigenvalue weighted by Crippen LogP contribution is 2.48. The third-order valence-electron chi connectivity index (χ3n) is 16.1. The van der Waals surface area contributed by atoms with E-state index in [1.807, 2.05) is 131 Å². The van der Waals surface area contributed by atoms with Crippen molar-refractivity contribution in [1.82, 2.24) is 29.4 Å². The lowest BCUT2D eigenvalue weighted by molar-refractivity contribution is 0.321. The first-order valence-electron chi connectivity index (χ1n) is 38.5. The van der Waals surface area contributed by atoms with Crippen molar-refractivity contribution >= 4 is 53.4 Å². The molecule has 0 fully saturated rings. The van der Waals surface area contributed by atoms with Gasteiger partial charge in [-0.3, -0.25) is 0 Å². The fourth-order valence-electron chi connectivity index (χ4n) is 10.0. The zero-order valence-corrected chi connectivity index (χ0v) is 69.4. The van der Waals surface area contributed by atoms with Gasteiger partial charge >= 0.3 is 0 Å². The molecule has 546 valence electrons. The van der Waals surface area contributed by atoms with Gasteiger partial charge in [0.2, 0.25) is 0 Å². The number of rotatable bonds is 18. The molecular formula is C87H156N6OS. The number of fused-ring (bicyclic) bond motifs is 9. The molecule has 1 aliphatic carbocycles. The maximum Gasteiger partial charge on any atom is 0.135 e. The Hall–Kier alpha value is -4.90. The van der Waals surface area contributed by atoms with Crippen LogP contribution in [0.3, 0.4) is 0 Å². The predicted molar refractivity (Wildman–Crippen MR) is 446 cm³/mol. The molecule has 2 aromatic heterocycles. The van der Waals surface area contributed by atoms with Gasteiger partial charge in [0, 0.05) is 36.4 Å². The quantitative estimate of drug-likeness (QED) is 0.0846. The number of thiophene rings is 1. The van der Waals surface area contributed by atoms with Gasteiger partial charge in [0.05, 0.1) is 0 Å². The number of nitrogens with zero attached hydrogens (tertiary/aromatic N) is 6. The van der Waals surface area contributed by atoms with Crippen LogP contribution >= 0.6 is 11.3 Å². The first-order chi connectivity index (χ1) is 46.2. The second-order valence-corrected chi connectivity index (χ2v) is 21.7. The highest BCUT2D eigenvalue weighted by Gasteiger charge is 2.34. The molecule has 0 radical (unpaired) electrons. The van der Waals surface area contributed by atoms with Gasteiger partial charge in [-0.2, -0.15) is 0 Å². The Bertz CT molecular complexity index is 2410. The highest BCUT2D eigenvalue weighted by molar-refractivity contribution is 7.25. The second-order valence-electron chi connectivity index (χ2n) is 20.6. The molecule has 7 nitrogen and oxygen atoms in total. The van der Waals surface area contributed by atoms with Crippen molar-refractivity contribution < 1.29 is 4.42 Å². The van der Waals surface area contributed by atoms with Crippen LogP contribution in [0.15, 0.2) is 150 Å². The number of furan rings is 1. The zero-order valence-electron chi connectivity index (χ0n) is 68.6. The molecule has 0 unspecified atom stereocenters. The smallest absolute Gasteiger partial charge is 0.135 e. The van der Waals surface area contributed by atoms with Gasteiger partial charge in [-0.25, -0.2) is 0 Å². The second kappa shape index (κ2) is 70.4. The van der Waals surface area contributed by atoms with Crippen LogP contribution in [0.1, 0.15) is 233 Å². The predicted octanol–water partition coefficient (Wildman–Crippen LogP) is 25.9. The van der Waals surface area contributed by atoms with Crippen molar-refractivity contribution in [1.29, 1.82) is 0 Å². The Morgan fingerprint density at radius 2 is 0.421 bits per heavy atom. The third kappa shape index (κ3) is 40.6. The standard InChI is InChI=1S/C15H14.C12H8O.C12H8S.6C6H15N.6C2H6/c1-15(2)13-9-5-3-7-11(13)12-8-4-6-10-14(12)15;2*1-3-7-11-9(5-1)10-6-2-4-8-12(10)13-11;6*1-4-7(5-2)6-3;6*1-2/h3-10H,1-2H3;2*1-8H;6*4-6H2,1-3H3;6*1-2H3. The van der Waals surface area contributed by atoms with E-state index in [1.165, 1.54) is 171 Å². The van der Waals surface area contributed by atoms with Crippen molar-refractivity contribution in [2.24, 2.45) is 0 Å². The largest absolute Gasteiger partial charge is 0.456 e. The SMILES string of the molecule is CC.CC.CC.CC.CC.CC.CC1(C)c2ccccc2-c2ccccc21.CCN(CC)CC.CCN(CC)CC.CCN(CC)CC.CCN(CC)CC.CCN(CC)CC.CCN(CC)CC.c1ccc2c(c1)oc1ccccc12.c1ccc2c(c1)sc1ccccc12. The molecule has 1 aliphatic rings. The van der Waals surface area contributed by atoms with Gasteiger partial charge in [-0.1, -0.05) is 343 Å². The van der Waals surface area contributed by atoms with E-state index >= 15 is 0 Å². The van der Waals surface area contributed by atoms with Gasteiger partial charge < -0.3 is 33.8 Å². The Balaban J connectivity index is -0.000000234. The summed E-state index contributed by atoms with van der Waals surface area (Å²) in [6.07, 6.45) is 0. The summed E-state index contributed by atoms with van der Waals surface area (Å²) in [6, 6.07) is 50.8. The minimum absolute atomic E-state index is 0.160. The molecule has 2 heterocycles. The van der Waals surface area contributed by atoms with Crippen LogP contribution in [0.2, 0.25) is 0 Å². The van der Waals surface area contributed by atoms with Gasteiger partial charge in [0.1, 0.15) is 11.2 Å². The molecule has 0 saturated carbocycles. The molecule has 8 heteroatoms. The van der Waals surface area contributed by atoms with E-state index < -0.39 is 0 Å². The van der Waals surface area contributed by atoms with Crippen LogP contribution < -0.4 is 0 Å². The van der Waals surface area contributed by atoms with Gasteiger partial charge in [0.25, 0.3) is 0 Å². The van der Waals surface area contributed by atoms with Crippen molar-refractivity contribution in [2.75, 3.05) is 118 Å². The Labute approximate surface area is 596 Å². The van der Waals surface area contributed by atoms with Gasteiger partial charge in [-0.05, 0) is 164 Å². The molecule has 9 rings (SSSR count). The molecule has 0 bridgehead atoms. The molecule has 0 atom stereocenters. The van der Waals surface area contributed by atoms with E-state index in [-0.39, 0.29) is 5.41 Å². The lowest BCUT2D eigenvalue weighted by atomic mass is 9.82. The molecule has 8 aromatic rings. The summed E-state index contributed by atoms with van der Waals surface area (Å²) >= 11 is 1.86. The number of hydrogen-bond donors (Lipinski definition) is 0. The van der Waals surface area contributed by atoms with Crippen LogP contribution in [-0.4, -0.2) is 147 Å². The summed E-state index contributed by atoms with van der Waals surface area (Å²) in [6.45, 7) is 89.4. The molecule has 0 saturated heterocycles. The molecule has 0 amide bonds. The summed E-state index contributed by atoms with van der Waals surface area (Å²) in [7, 11) is 0. The minimum Gasteiger partial charge on any atom is -0.456 e. The lowest BCUT2D eigenvalue weighted by Gasteiger charge is -2.20. The fourth-order valence-corrected chi connectivity index (χ4v) is 11.2. The van der Waals surface area contributed by atoms with E-state index in [2.05, 4.69) is 277 Å². The van der Waals surface area contributed by atoms with E-state index in [0.717, 1.165) is 11.2 Å². The molecule has 0 spiro atoms. The average molecular weight is 1330 g/mol. The zero-order chi connectivity index (χ0) is 74.0. The Kier molecular flexibility index (Phi) is 75.0. The maximum absolute atomic E-state index is 5.65. The summed E-state index contributed by atoms with van der Waals surface area (Å²) < 4.78 is 8.41. The average Bonchev–Trinajstić information content (AvgIpc) is 1.60. The monoisotopic (exact) mass is 1330 g/mol.